The summed E-state index contributed by atoms with van der Waals surface area (Å²) in [7, 11) is -2.09. The fourth-order valence-electron chi connectivity index (χ4n) is 2.04. The highest BCUT2D eigenvalue weighted by Gasteiger charge is 2.32. The molecule has 20 heavy (non-hydrogen) atoms. The van der Waals surface area contributed by atoms with Crippen molar-refractivity contribution in [2.75, 3.05) is 25.5 Å². The van der Waals surface area contributed by atoms with Crippen molar-refractivity contribution in [2.24, 2.45) is 0 Å². The van der Waals surface area contributed by atoms with Crippen molar-refractivity contribution in [3.05, 3.63) is 24.3 Å². The molecule has 1 aliphatic heterocycles. The maximum absolute atomic E-state index is 11.9. The first-order valence-corrected chi connectivity index (χ1v) is 7.90. The Balaban J connectivity index is 2.08. The second kappa shape index (κ2) is 5.69. The lowest BCUT2D eigenvalue weighted by molar-refractivity contribution is -0.136. The minimum atomic E-state index is -3.48. The number of hydrogen-bond donors (Lipinski definition) is 2. The quantitative estimate of drug-likeness (QED) is 0.853. The monoisotopic (exact) mass is 300 g/mol. The molecule has 0 amide bonds. The smallest absolute Gasteiger partial charge is 0.242 e. The van der Waals surface area contributed by atoms with Crippen molar-refractivity contribution >= 4 is 15.7 Å². The maximum Gasteiger partial charge on any atom is 0.242 e. The number of nitrogens with one attached hydrogen (secondary N) is 2. The molecule has 1 unspecified atom stereocenters. The fraction of sp³-hybridized carbons (Fsp3) is 0.538. The summed E-state index contributed by atoms with van der Waals surface area (Å²) >= 11 is 0. The Morgan fingerprint density at radius 2 is 2.05 bits per heavy atom. The van der Waals surface area contributed by atoms with Gasteiger partial charge in [0.15, 0.2) is 5.79 Å². The third-order valence-electron chi connectivity index (χ3n) is 3.03. The molecule has 1 atom stereocenters. The van der Waals surface area contributed by atoms with Crippen LogP contribution in [0.1, 0.15) is 13.8 Å². The Hall–Kier alpha value is -1.15. The summed E-state index contributed by atoms with van der Waals surface area (Å²) in [5.74, 6) is -0.580. The van der Waals surface area contributed by atoms with Crippen LogP contribution in [0.2, 0.25) is 0 Å². The molecule has 2 rings (SSSR count). The van der Waals surface area contributed by atoms with Crippen LogP contribution >= 0.6 is 0 Å². The Kier molecular flexibility index (Phi) is 4.33. The van der Waals surface area contributed by atoms with Gasteiger partial charge >= 0.3 is 0 Å². The summed E-state index contributed by atoms with van der Waals surface area (Å²) in [5, 5.41) is 3.11. The highest BCUT2D eigenvalue weighted by Crippen LogP contribution is 2.24. The number of ether oxygens (including phenoxy) is 2. The molecule has 112 valence electrons. The lowest BCUT2D eigenvalue weighted by Gasteiger charge is -2.18. The van der Waals surface area contributed by atoms with Crippen molar-refractivity contribution in [3.63, 3.8) is 0 Å². The van der Waals surface area contributed by atoms with E-state index in [4.69, 9.17) is 9.47 Å². The first kappa shape index (κ1) is 15.2. The van der Waals surface area contributed by atoms with Crippen LogP contribution < -0.4 is 10.0 Å². The largest absolute Gasteiger partial charge is 0.381 e. The zero-order valence-corrected chi connectivity index (χ0v) is 12.7. The number of rotatable bonds is 5. The molecule has 0 saturated carbocycles. The zero-order chi connectivity index (χ0) is 14.8. The van der Waals surface area contributed by atoms with E-state index in [1.807, 2.05) is 13.8 Å². The molecule has 1 aliphatic rings. The van der Waals surface area contributed by atoms with E-state index in [1.54, 1.807) is 24.3 Å². The van der Waals surface area contributed by atoms with Gasteiger partial charge in [0.25, 0.3) is 0 Å². The molecule has 1 fully saturated rings. The van der Waals surface area contributed by atoms with Crippen LogP contribution in [0.4, 0.5) is 5.69 Å². The highest BCUT2D eigenvalue weighted by atomic mass is 32.2. The Bertz CT molecular complexity index is 571. The van der Waals surface area contributed by atoms with Gasteiger partial charge in [-0.25, -0.2) is 13.1 Å². The van der Waals surface area contributed by atoms with Gasteiger partial charge in [0.1, 0.15) is 11.0 Å². The van der Waals surface area contributed by atoms with Gasteiger partial charge in [0, 0.05) is 6.54 Å². The number of hydrogen-bond acceptors (Lipinski definition) is 5. The predicted octanol–water partition coefficient (Wildman–Crippen LogP) is 1.16. The molecule has 0 bridgehead atoms. The van der Waals surface area contributed by atoms with E-state index in [2.05, 4.69) is 10.0 Å². The average Bonchev–Trinajstić information content (AvgIpc) is 2.76. The van der Waals surface area contributed by atoms with Crippen molar-refractivity contribution < 1.29 is 17.9 Å². The van der Waals surface area contributed by atoms with Crippen LogP contribution in [0.25, 0.3) is 0 Å². The first-order valence-electron chi connectivity index (χ1n) is 6.42. The predicted molar refractivity (Wildman–Crippen MR) is 76.1 cm³/mol. The van der Waals surface area contributed by atoms with Crippen molar-refractivity contribution in [1.29, 1.82) is 0 Å². The van der Waals surface area contributed by atoms with Gasteiger partial charge in [-0.1, -0.05) is 12.1 Å². The normalized spacial score (nSPS) is 21.9. The molecule has 1 aromatic carbocycles. The van der Waals surface area contributed by atoms with Crippen LogP contribution in [0.3, 0.4) is 0 Å². The van der Waals surface area contributed by atoms with Gasteiger partial charge < -0.3 is 14.8 Å². The van der Waals surface area contributed by atoms with E-state index in [1.165, 1.54) is 7.05 Å². The molecular formula is C13H20N2O4S. The van der Waals surface area contributed by atoms with Crippen LogP contribution in [0.5, 0.6) is 0 Å². The van der Waals surface area contributed by atoms with Crippen LogP contribution in [0.15, 0.2) is 29.2 Å². The molecule has 0 aromatic heterocycles. The molecular weight excluding hydrogens is 280 g/mol. The van der Waals surface area contributed by atoms with Gasteiger partial charge in [-0.3, -0.25) is 0 Å². The summed E-state index contributed by atoms with van der Waals surface area (Å²) in [5.41, 5.74) is 0.551. The van der Waals surface area contributed by atoms with Crippen LogP contribution in [-0.2, 0) is 19.5 Å². The maximum atomic E-state index is 11.9. The average molecular weight is 300 g/mol. The number of anilines is 1. The third kappa shape index (κ3) is 3.49. The van der Waals surface area contributed by atoms with Crippen molar-refractivity contribution in [3.8, 4) is 0 Å². The zero-order valence-electron chi connectivity index (χ0n) is 11.8. The summed E-state index contributed by atoms with van der Waals surface area (Å²) < 4.78 is 37.3. The number of benzene rings is 1. The van der Waals surface area contributed by atoms with E-state index < -0.39 is 15.8 Å². The Morgan fingerprint density at radius 1 is 1.35 bits per heavy atom. The Morgan fingerprint density at radius 3 is 2.65 bits per heavy atom. The van der Waals surface area contributed by atoms with E-state index in [0.717, 1.165) is 0 Å². The van der Waals surface area contributed by atoms with Crippen LogP contribution in [0, 0.1) is 0 Å². The topological polar surface area (TPSA) is 76.7 Å². The molecule has 0 spiro atoms. The van der Waals surface area contributed by atoms with Crippen molar-refractivity contribution in [1.82, 2.24) is 4.72 Å². The SMILES string of the molecule is CNS(=O)(=O)c1ccccc1NCC1COC(C)(C)O1. The molecule has 1 aromatic rings. The van der Waals surface area contributed by atoms with Crippen molar-refractivity contribution in [2.45, 2.75) is 30.6 Å². The molecule has 1 heterocycles. The van der Waals surface area contributed by atoms with E-state index >= 15 is 0 Å². The summed E-state index contributed by atoms with van der Waals surface area (Å²) in [6.45, 7) is 4.68. The highest BCUT2D eigenvalue weighted by molar-refractivity contribution is 7.89. The molecule has 7 heteroatoms. The summed E-state index contributed by atoms with van der Waals surface area (Å²) in [6, 6.07) is 6.76. The summed E-state index contributed by atoms with van der Waals surface area (Å²) in [6.07, 6.45) is -0.102. The second-order valence-electron chi connectivity index (χ2n) is 5.04. The van der Waals surface area contributed by atoms with Gasteiger partial charge in [0.2, 0.25) is 10.0 Å². The minimum absolute atomic E-state index is 0.102. The third-order valence-corrected chi connectivity index (χ3v) is 4.51. The van der Waals surface area contributed by atoms with E-state index in [-0.39, 0.29) is 11.0 Å². The lowest BCUT2D eigenvalue weighted by Crippen LogP contribution is -2.27. The standard InChI is InChI=1S/C13H20N2O4S/c1-13(2)18-9-10(19-13)8-15-11-6-4-5-7-12(11)20(16,17)14-3/h4-7,10,14-15H,8-9H2,1-3H3. The lowest BCUT2D eigenvalue weighted by atomic mass is 10.3. The Labute approximate surface area is 119 Å². The first-order chi connectivity index (χ1) is 9.34. The van der Waals surface area contributed by atoms with Gasteiger partial charge in [0.05, 0.1) is 12.3 Å². The molecule has 0 aliphatic carbocycles. The minimum Gasteiger partial charge on any atom is -0.381 e. The molecule has 1 saturated heterocycles. The molecule has 2 N–H and O–H groups in total. The molecule has 0 radical (unpaired) electrons. The fourth-order valence-corrected chi connectivity index (χ4v) is 2.95. The molecule has 6 nitrogen and oxygen atoms in total. The second-order valence-corrected chi connectivity index (χ2v) is 6.89. The number of sulfonamides is 1. The van der Waals surface area contributed by atoms with Gasteiger partial charge in [-0.15, -0.1) is 0 Å². The number of para-hydroxylation sites is 1. The van der Waals surface area contributed by atoms with E-state index in [0.29, 0.717) is 18.8 Å². The van der Waals surface area contributed by atoms with E-state index in [9.17, 15) is 8.42 Å². The van der Waals surface area contributed by atoms with Gasteiger partial charge in [-0.05, 0) is 33.0 Å². The summed E-state index contributed by atoms with van der Waals surface area (Å²) in [4.78, 5) is 0.223. The van der Waals surface area contributed by atoms with Crippen LogP contribution in [-0.4, -0.2) is 40.5 Å². The van der Waals surface area contributed by atoms with Gasteiger partial charge in [-0.2, -0.15) is 0 Å².